The number of pyridine rings is 1. The third-order valence-electron chi connectivity index (χ3n) is 2.04. The van der Waals surface area contributed by atoms with Gasteiger partial charge in [0.25, 0.3) is 5.24 Å². The van der Waals surface area contributed by atoms with Gasteiger partial charge < -0.3 is 5.73 Å². The molecule has 1 amide bonds. The molecule has 1 aliphatic rings. The van der Waals surface area contributed by atoms with E-state index in [0.717, 1.165) is 16.7 Å². The highest BCUT2D eigenvalue weighted by atomic mass is 32.2. The Bertz CT molecular complexity index is 336. The van der Waals surface area contributed by atoms with E-state index in [9.17, 15) is 4.79 Å². The molecule has 1 aromatic rings. The van der Waals surface area contributed by atoms with Gasteiger partial charge in [-0.15, -0.1) is 0 Å². The van der Waals surface area contributed by atoms with Crippen LogP contribution in [0.3, 0.4) is 0 Å². The third kappa shape index (κ3) is 2.01. The fraction of sp³-hybridized carbons (Fsp3) is 0.333. The number of nitrogens with two attached hydrogens (primary N) is 1. The zero-order valence-corrected chi connectivity index (χ0v) is 7.88. The first-order chi connectivity index (χ1) is 6.27. The molecule has 1 saturated carbocycles. The van der Waals surface area contributed by atoms with E-state index in [2.05, 4.69) is 4.98 Å². The van der Waals surface area contributed by atoms with E-state index in [1.165, 1.54) is 18.4 Å². The third-order valence-corrected chi connectivity index (χ3v) is 2.81. The normalized spacial score (nSPS) is 15.7. The molecule has 0 aromatic carbocycles. The van der Waals surface area contributed by atoms with Crippen LogP contribution in [0, 0.1) is 0 Å². The maximum Gasteiger partial charge on any atom is 0.281 e. The summed E-state index contributed by atoms with van der Waals surface area (Å²) in [7, 11) is 0. The minimum atomic E-state index is -0.366. The molecule has 2 rings (SSSR count). The van der Waals surface area contributed by atoms with Gasteiger partial charge in [-0.1, -0.05) is 0 Å². The van der Waals surface area contributed by atoms with E-state index in [4.69, 9.17) is 5.73 Å². The summed E-state index contributed by atoms with van der Waals surface area (Å²) in [5.74, 6) is 0.629. The second kappa shape index (κ2) is 3.38. The van der Waals surface area contributed by atoms with Crippen molar-refractivity contribution in [2.24, 2.45) is 5.73 Å². The van der Waals surface area contributed by atoms with Crippen molar-refractivity contribution in [3.05, 3.63) is 24.0 Å². The molecule has 0 aliphatic heterocycles. The van der Waals surface area contributed by atoms with Crippen molar-refractivity contribution in [1.82, 2.24) is 4.98 Å². The van der Waals surface area contributed by atoms with Crippen LogP contribution in [-0.4, -0.2) is 10.2 Å². The van der Waals surface area contributed by atoms with Crippen LogP contribution in [0.4, 0.5) is 4.79 Å². The molecule has 2 N–H and O–H groups in total. The summed E-state index contributed by atoms with van der Waals surface area (Å²) >= 11 is 1.07. The molecule has 0 atom stereocenters. The Kier molecular flexibility index (Phi) is 2.22. The zero-order valence-electron chi connectivity index (χ0n) is 7.06. The molecular formula is C9H10N2OS. The van der Waals surface area contributed by atoms with Gasteiger partial charge in [0.05, 0.1) is 0 Å². The molecule has 3 nitrogen and oxygen atoms in total. The Hall–Kier alpha value is -1.03. The van der Waals surface area contributed by atoms with Crippen molar-refractivity contribution in [2.75, 3.05) is 0 Å². The van der Waals surface area contributed by atoms with Crippen LogP contribution >= 0.6 is 11.8 Å². The highest BCUT2D eigenvalue weighted by Crippen LogP contribution is 2.43. The summed E-state index contributed by atoms with van der Waals surface area (Å²) in [5.41, 5.74) is 6.33. The van der Waals surface area contributed by atoms with E-state index in [1.54, 1.807) is 12.4 Å². The molecule has 0 unspecified atom stereocenters. The molecule has 13 heavy (non-hydrogen) atoms. The predicted molar refractivity (Wildman–Crippen MR) is 51.7 cm³/mol. The lowest BCUT2D eigenvalue weighted by Crippen LogP contribution is -2.02. The maximum absolute atomic E-state index is 10.7. The van der Waals surface area contributed by atoms with Gasteiger partial charge in [-0.25, -0.2) is 0 Å². The van der Waals surface area contributed by atoms with Crippen molar-refractivity contribution >= 4 is 17.0 Å². The number of primary amides is 1. The Labute approximate surface area is 80.7 Å². The molecule has 1 aliphatic carbocycles. The molecule has 4 heteroatoms. The zero-order chi connectivity index (χ0) is 9.26. The monoisotopic (exact) mass is 194 g/mol. The van der Waals surface area contributed by atoms with Gasteiger partial charge in [0.2, 0.25) is 0 Å². The first kappa shape index (κ1) is 8.56. The number of hydrogen-bond donors (Lipinski definition) is 1. The fourth-order valence-corrected chi connectivity index (χ4v) is 2.00. The Morgan fingerprint density at radius 3 is 3.00 bits per heavy atom. The van der Waals surface area contributed by atoms with Crippen molar-refractivity contribution in [3.8, 4) is 0 Å². The van der Waals surface area contributed by atoms with Gasteiger partial charge in [0, 0.05) is 17.3 Å². The van der Waals surface area contributed by atoms with Crippen molar-refractivity contribution < 1.29 is 4.79 Å². The molecule has 0 bridgehead atoms. The maximum atomic E-state index is 10.7. The van der Waals surface area contributed by atoms with Crippen molar-refractivity contribution in [2.45, 2.75) is 23.7 Å². The number of nitrogens with zero attached hydrogens (tertiary/aromatic N) is 1. The quantitative estimate of drug-likeness (QED) is 0.734. The van der Waals surface area contributed by atoms with E-state index >= 15 is 0 Å². The lowest BCUT2D eigenvalue weighted by atomic mass is 10.2. The number of carbonyl (C=O) groups is 1. The predicted octanol–water partition coefficient (Wildman–Crippen LogP) is 2.13. The van der Waals surface area contributed by atoms with Crippen LogP contribution in [0.25, 0.3) is 0 Å². The SMILES string of the molecule is NC(=O)Sc1cnccc1C1CC1. The summed E-state index contributed by atoms with van der Waals surface area (Å²) in [6, 6.07) is 1.98. The minimum Gasteiger partial charge on any atom is -0.360 e. The van der Waals surface area contributed by atoms with Gasteiger partial charge in [0.15, 0.2) is 0 Å². The minimum absolute atomic E-state index is 0.366. The van der Waals surface area contributed by atoms with Gasteiger partial charge in [-0.3, -0.25) is 9.78 Å². The van der Waals surface area contributed by atoms with Crippen LogP contribution in [0.15, 0.2) is 23.4 Å². The molecule has 1 heterocycles. The number of aromatic nitrogens is 1. The van der Waals surface area contributed by atoms with E-state index in [0.29, 0.717) is 5.92 Å². The molecule has 0 spiro atoms. The lowest BCUT2D eigenvalue weighted by molar-refractivity contribution is 0.267. The summed E-state index contributed by atoms with van der Waals surface area (Å²) in [6.45, 7) is 0. The number of amides is 1. The highest BCUT2D eigenvalue weighted by Gasteiger charge is 2.26. The largest absolute Gasteiger partial charge is 0.360 e. The summed E-state index contributed by atoms with van der Waals surface area (Å²) in [6.07, 6.45) is 5.91. The van der Waals surface area contributed by atoms with Crippen LogP contribution < -0.4 is 5.73 Å². The Morgan fingerprint density at radius 1 is 1.62 bits per heavy atom. The Morgan fingerprint density at radius 2 is 2.38 bits per heavy atom. The van der Waals surface area contributed by atoms with E-state index in [1.807, 2.05) is 6.07 Å². The summed E-state index contributed by atoms with van der Waals surface area (Å²) in [4.78, 5) is 15.6. The summed E-state index contributed by atoms with van der Waals surface area (Å²) < 4.78 is 0. The number of thioether (sulfide) groups is 1. The van der Waals surface area contributed by atoms with Gasteiger partial charge in [-0.05, 0) is 42.2 Å². The van der Waals surface area contributed by atoms with Crippen LogP contribution in [-0.2, 0) is 0 Å². The topological polar surface area (TPSA) is 56.0 Å². The first-order valence-corrected chi connectivity index (χ1v) is 5.00. The molecule has 0 saturated heterocycles. The van der Waals surface area contributed by atoms with Gasteiger partial charge in [-0.2, -0.15) is 0 Å². The van der Waals surface area contributed by atoms with Crippen molar-refractivity contribution in [1.29, 1.82) is 0 Å². The van der Waals surface area contributed by atoms with Gasteiger partial charge in [0.1, 0.15) is 0 Å². The van der Waals surface area contributed by atoms with E-state index in [-0.39, 0.29) is 5.24 Å². The number of carbonyl (C=O) groups excluding carboxylic acids is 1. The number of rotatable bonds is 2. The second-order valence-electron chi connectivity index (χ2n) is 3.11. The van der Waals surface area contributed by atoms with Gasteiger partial charge >= 0.3 is 0 Å². The average molecular weight is 194 g/mol. The summed E-state index contributed by atoms with van der Waals surface area (Å²) in [5, 5.41) is -0.366. The Balaban J connectivity index is 2.26. The highest BCUT2D eigenvalue weighted by molar-refractivity contribution is 8.13. The van der Waals surface area contributed by atoms with Crippen LogP contribution in [0.1, 0.15) is 24.3 Å². The average Bonchev–Trinajstić information content (AvgIpc) is 2.87. The first-order valence-electron chi connectivity index (χ1n) is 4.18. The molecule has 68 valence electrons. The van der Waals surface area contributed by atoms with E-state index < -0.39 is 0 Å². The fourth-order valence-electron chi connectivity index (χ4n) is 1.32. The van der Waals surface area contributed by atoms with Crippen LogP contribution in [0.5, 0.6) is 0 Å². The smallest absolute Gasteiger partial charge is 0.281 e. The molecule has 0 radical (unpaired) electrons. The van der Waals surface area contributed by atoms with Crippen LogP contribution in [0.2, 0.25) is 0 Å². The van der Waals surface area contributed by atoms with Crippen molar-refractivity contribution in [3.63, 3.8) is 0 Å². The number of hydrogen-bond acceptors (Lipinski definition) is 3. The standard InChI is InChI=1S/C9H10N2OS/c10-9(12)13-8-5-11-4-3-7(8)6-1-2-6/h3-6H,1-2H2,(H2,10,12). The molecule has 1 fully saturated rings. The molecule has 1 aromatic heterocycles. The molecular weight excluding hydrogens is 184 g/mol. The lowest BCUT2D eigenvalue weighted by Gasteiger charge is -2.03. The second-order valence-corrected chi connectivity index (χ2v) is 4.16.